The number of oxazole rings is 1. The average Bonchev–Trinajstić information content (AvgIpc) is 3.49. The van der Waals surface area contributed by atoms with Crippen LogP contribution in [0.1, 0.15) is 30.2 Å². The molecule has 1 aliphatic heterocycles. The van der Waals surface area contributed by atoms with Gasteiger partial charge in [-0.15, -0.1) is 0 Å². The number of aromatic amines is 1. The first-order chi connectivity index (χ1) is 17.1. The van der Waals surface area contributed by atoms with E-state index in [0.717, 1.165) is 25.9 Å². The predicted octanol–water partition coefficient (Wildman–Crippen LogP) is 7.15. The Bertz CT molecular complexity index is 1420. The number of likely N-dealkylation sites (tertiary alicyclic amines) is 1. The summed E-state index contributed by atoms with van der Waals surface area (Å²) in [6, 6.07) is 20.9. The zero-order valence-electron chi connectivity index (χ0n) is 19.2. The molecule has 3 heterocycles. The topological polar surface area (TPSA) is 45.1 Å². The normalized spacial score (nSPS) is 15.1. The number of halogens is 2. The van der Waals surface area contributed by atoms with Crippen LogP contribution in [0.25, 0.3) is 33.5 Å². The van der Waals surface area contributed by atoms with E-state index in [-0.39, 0.29) is 11.6 Å². The van der Waals surface area contributed by atoms with Crippen molar-refractivity contribution < 1.29 is 13.2 Å². The summed E-state index contributed by atoms with van der Waals surface area (Å²) in [5.41, 5.74) is 4.29. The second kappa shape index (κ2) is 9.12. The van der Waals surface area contributed by atoms with Crippen molar-refractivity contribution in [1.82, 2.24) is 14.9 Å². The quantitative estimate of drug-likeness (QED) is 0.297. The van der Waals surface area contributed by atoms with Crippen LogP contribution in [0.2, 0.25) is 0 Å². The van der Waals surface area contributed by atoms with E-state index in [1.807, 2.05) is 0 Å². The van der Waals surface area contributed by atoms with Gasteiger partial charge in [-0.05, 0) is 67.7 Å². The van der Waals surface area contributed by atoms with Crippen LogP contribution < -0.4 is 0 Å². The predicted molar refractivity (Wildman–Crippen MR) is 133 cm³/mol. The Morgan fingerprint density at radius 2 is 1.60 bits per heavy atom. The Balaban J connectivity index is 1.23. The van der Waals surface area contributed by atoms with Crippen LogP contribution in [-0.4, -0.2) is 28.0 Å². The third-order valence-electron chi connectivity index (χ3n) is 6.86. The number of rotatable bonds is 5. The number of fused-ring (bicyclic) bond motifs is 1. The van der Waals surface area contributed by atoms with Gasteiger partial charge in [-0.2, -0.15) is 0 Å². The second-order valence-corrected chi connectivity index (χ2v) is 9.15. The summed E-state index contributed by atoms with van der Waals surface area (Å²) >= 11 is 0. The number of H-pyrrole nitrogens is 1. The summed E-state index contributed by atoms with van der Waals surface area (Å²) in [6.45, 7) is 2.41. The van der Waals surface area contributed by atoms with Crippen LogP contribution >= 0.6 is 0 Å². The Morgan fingerprint density at radius 3 is 2.37 bits per heavy atom. The van der Waals surface area contributed by atoms with E-state index >= 15 is 0 Å². The molecule has 0 saturated carbocycles. The first kappa shape index (κ1) is 21.7. The van der Waals surface area contributed by atoms with Gasteiger partial charge in [0.05, 0.1) is 6.54 Å². The first-order valence-electron chi connectivity index (χ1n) is 11.9. The molecule has 5 aromatic rings. The maximum absolute atomic E-state index is 14.0. The highest BCUT2D eigenvalue weighted by Crippen LogP contribution is 2.36. The van der Waals surface area contributed by atoms with Gasteiger partial charge in [0.2, 0.25) is 5.89 Å². The molecule has 0 unspecified atom stereocenters. The number of nitrogens with one attached hydrogen (secondary N) is 1. The molecule has 1 fully saturated rings. The van der Waals surface area contributed by atoms with Crippen molar-refractivity contribution >= 4 is 10.9 Å². The Hall–Kier alpha value is -3.77. The molecular formula is C29H25F2N3O. The maximum Gasteiger partial charge on any atom is 0.209 e. The van der Waals surface area contributed by atoms with Crippen molar-refractivity contribution in [3.05, 3.63) is 102 Å². The largest absolute Gasteiger partial charge is 0.439 e. The van der Waals surface area contributed by atoms with E-state index in [9.17, 15) is 8.78 Å². The summed E-state index contributed by atoms with van der Waals surface area (Å²) in [4.78, 5) is 10.5. The molecule has 0 aliphatic carbocycles. The van der Waals surface area contributed by atoms with Gasteiger partial charge < -0.3 is 9.40 Å². The van der Waals surface area contributed by atoms with Gasteiger partial charge in [0, 0.05) is 28.2 Å². The minimum atomic E-state index is -0.356. The van der Waals surface area contributed by atoms with Crippen molar-refractivity contribution in [2.45, 2.75) is 25.3 Å². The molecular weight excluding hydrogens is 444 g/mol. The molecule has 0 bridgehead atoms. The number of aromatic nitrogens is 2. The standard InChI is InChI=1S/C29H25F2N3O/c30-22-7-3-5-20(15-22)28-29(21-6-4-8-23(31)16-21)35-27(33-28)18-34-13-11-19(12-14-34)25-17-32-26-10-2-1-9-24(25)26/h1-10,15-17,19,32H,11-14,18H2. The lowest BCUT2D eigenvalue weighted by Crippen LogP contribution is -2.32. The highest BCUT2D eigenvalue weighted by Gasteiger charge is 2.25. The number of piperidine rings is 1. The molecule has 4 nitrogen and oxygen atoms in total. The van der Waals surface area contributed by atoms with E-state index in [1.165, 1.54) is 40.7 Å². The fourth-order valence-electron chi connectivity index (χ4n) is 5.11. The molecule has 1 N–H and O–H groups in total. The molecule has 2 aromatic heterocycles. The van der Waals surface area contributed by atoms with Crippen molar-refractivity contribution in [1.29, 1.82) is 0 Å². The zero-order chi connectivity index (χ0) is 23.8. The number of nitrogens with zero attached hydrogens (tertiary/aromatic N) is 2. The van der Waals surface area contributed by atoms with E-state index in [1.54, 1.807) is 24.3 Å². The zero-order valence-corrected chi connectivity index (χ0v) is 19.2. The molecule has 0 spiro atoms. The van der Waals surface area contributed by atoms with E-state index in [0.29, 0.717) is 40.9 Å². The number of benzene rings is 3. The summed E-state index contributed by atoms with van der Waals surface area (Å²) in [6.07, 6.45) is 4.25. The summed E-state index contributed by atoms with van der Waals surface area (Å²) in [5.74, 6) is 0.812. The van der Waals surface area contributed by atoms with Gasteiger partial charge in [-0.25, -0.2) is 13.8 Å². The third-order valence-corrected chi connectivity index (χ3v) is 6.86. The molecule has 0 radical (unpaired) electrons. The van der Waals surface area contributed by atoms with Crippen molar-refractivity contribution in [2.24, 2.45) is 0 Å². The Labute approximate surface area is 202 Å². The molecule has 1 saturated heterocycles. The van der Waals surface area contributed by atoms with Crippen LogP contribution in [0.4, 0.5) is 8.78 Å². The summed E-state index contributed by atoms with van der Waals surface area (Å²) in [7, 11) is 0. The molecule has 6 heteroatoms. The van der Waals surface area contributed by atoms with Crippen LogP contribution in [0.5, 0.6) is 0 Å². The summed E-state index contributed by atoms with van der Waals surface area (Å²) in [5, 5.41) is 1.30. The van der Waals surface area contributed by atoms with Crippen LogP contribution in [0.3, 0.4) is 0 Å². The van der Waals surface area contributed by atoms with Crippen molar-refractivity contribution in [3.63, 3.8) is 0 Å². The molecule has 1 aliphatic rings. The lowest BCUT2D eigenvalue weighted by Gasteiger charge is -2.31. The SMILES string of the molecule is Fc1cccc(-c2nc(CN3CCC(c4c[nH]c5ccccc45)CC3)oc2-c2cccc(F)c2)c1. The van der Waals surface area contributed by atoms with Crippen LogP contribution in [0, 0.1) is 11.6 Å². The van der Waals surface area contributed by atoms with E-state index < -0.39 is 0 Å². The minimum absolute atomic E-state index is 0.350. The first-order valence-corrected chi connectivity index (χ1v) is 11.9. The molecule has 35 heavy (non-hydrogen) atoms. The van der Waals surface area contributed by atoms with Crippen molar-refractivity contribution in [2.75, 3.05) is 13.1 Å². The van der Waals surface area contributed by atoms with Gasteiger partial charge in [-0.1, -0.05) is 42.5 Å². The Kier molecular flexibility index (Phi) is 5.66. The molecule has 6 rings (SSSR count). The third kappa shape index (κ3) is 4.37. The second-order valence-electron chi connectivity index (χ2n) is 9.15. The number of para-hydroxylation sites is 1. The maximum atomic E-state index is 14.0. The monoisotopic (exact) mass is 469 g/mol. The highest BCUT2D eigenvalue weighted by atomic mass is 19.1. The van der Waals surface area contributed by atoms with Crippen LogP contribution in [0.15, 0.2) is 83.4 Å². The van der Waals surface area contributed by atoms with E-state index in [4.69, 9.17) is 9.40 Å². The van der Waals surface area contributed by atoms with Gasteiger partial charge in [0.25, 0.3) is 0 Å². The van der Waals surface area contributed by atoms with Gasteiger partial charge in [-0.3, -0.25) is 4.90 Å². The molecule has 0 atom stereocenters. The van der Waals surface area contributed by atoms with Gasteiger partial charge >= 0.3 is 0 Å². The lowest BCUT2D eigenvalue weighted by molar-refractivity contribution is 0.188. The molecule has 0 amide bonds. The highest BCUT2D eigenvalue weighted by molar-refractivity contribution is 5.83. The minimum Gasteiger partial charge on any atom is -0.439 e. The Morgan fingerprint density at radius 1 is 0.886 bits per heavy atom. The average molecular weight is 470 g/mol. The van der Waals surface area contributed by atoms with E-state index in [2.05, 4.69) is 40.3 Å². The fraction of sp³-hybridized carbons (Fsp3) is 0.207. The summed E-state index contributed by atoms with van der Waals surface area (Å²) < 4.78 is 34.1. The van der Waals surface area contributed by atoms with Gasteiger partial charge in [0.1, 0.15) is 17.3 Å². The number of hydrogen-bond acceptors (Lipinski definition) is 3. The molecule has 176 valence electrons. The van der Waals surface area contributed by atoms with Gasteiger partial charge in [0.15, 0.2) is 5.76 Å². The van der Waals surface area contributed by atoms with Crippen molar-refractivity contribution in [3.8, 4) is 22.6 Å². The smallest absolute Gasteiger partial charge is 0.209 e. The molecule has 3 aromatic carbocycles. The number of hydrogen-bond donors (Lipinski definition) is 1. The lowest BCUT2D eigenvalue weighted by atomic mass is 9.89. The van der Waals surface area contributed by atoms with Crippen LogP contribution in [-0.2, 0) is 6.54 Å². The fourth-order valence-corrected chi connectivity index (χ4v) is 5.11.